The van der Waals surface area contributed by atoms with Crippen LogP contribution in [0.2, 0.25) is 0 Å². The fraction of sp³-hybridized carbons (Fsp3) is 0.438. The average Bonchev–Trinajstić information content (AvgIpc) is 3.55. The number of carbonyl (C=O) groups excluding carboxylic acids is 2. The SMILES string of the molecule is CC(C)N(C(=O)[C]1[CH][CH][CH][CH]1)C(C)C.COc1ccc([C]2[CH][CH][CH][C]2C(=O)N(C(C)C)C(C)C)c(OC)c1.[Fe+2]. The number of methoxy groups -OCH3 is 2. The van der Waals surface area contributed by atoms with E-state index in [-0.39, 0.29) is 53.1 Å². The van der Waals surface area contributed by atoms with Gasteiger partial charge in [-0.1, -0.05) is 6.07 Å². The fourth-order valence-electron chi connectivity index (χ4n) is 4.80. The van der Waals surface area contributed by atoms with E-state index >= 15 is 0 Å². The van der Waals surface area contributed by atoms with Gasteiger partial charge in [-0.3, -0.25) is 9.59 Å². The number of benzene rings is 1. The number of hydrogen-bond acceptors (Lipinski definition) is 4. The third kappa shape index (κ3) is 9.14. The van der Waals surface area contributed by atoms with Crippen LogP contribution in [0, 0.1) is 62.7 Å². The molecule has 6 nitrogen and oxygen atoms in total. The molecular weight excluding hydrogens is 532 g/mol. The van der Waals surface area contributed by atoms with Crippen molar-refractivity contribution in [2.75, 3.05) is 14.2 Å². The van der Waals surface area contributed by atoms with E-state index in [0.29, 0.717) is 11.7 Å². The van der Waals surface area contributed by atoms with Crippen molar-refractivity contribution in [3.05, 3.63) is 86.5 Å². The molecule has 0 saturated heterocycles. The summed E-state index contributed by atoms with van der Waals surface area (Å²) < 4.78 is 10.7. The van der Waals surface area contributed by atoms with Gasteiger partial charge >= 0.3 is 17.1 Å². The van der Waals surface area contributed by atoms with Gasteiger partial charge in [-0.2, -0.15) is 0 Å². The molecule has 0 heterocycles. The van der Waals surface area contributed by atoms with Gasteiger partial charge in [0.2, 0.25) is 11.8 Å². The van der Waals surface area contributed by atoms with E-state index in [1.807, 2.05) is 128 Å². The largest absolute Gasteiger partial charge is 2.00 e. The number of amides is 2. The first-order valence-electron chi connectivity index (χ1n) is 13.3. The van der Waals surface area contributed by atoms with Gasteiger partial charge < -0.3 is 19.3 Å². The summed E-state index contributed by atoms with van der Waals surface area (Å²) in [7, 11) is 3.24. The maximum atomic E-state index is 13.1. The van der Waals surface area contributed by atoms with Crippen LogP contribution in [0.5, 0.6) is 11.5 Å². The number of nitrogens with zero attached hydrogens (tertiary/aromatic N) is 2. The quantitative estimate of drug-likeness (QED) is 0.364. The summed E-state index contributed by atoms with van der Waals surface area (Å²) in [5.41, 5.74) is 0.888. The maximum Gasteiger partial charge on any atom is 2.00 e. The van der Waals surface area contributed by atoms with Gasteiger partial charge in [-0.05, 0) is 106 Å². The summed E-state index contributed by atoms with van der Waals surface area (Å²) in [6, 6.07) is 6.41. The predicted molar refractivity (Wildman–Crippen MR) is 153 cm³/mol. The summed E-state index contributed by atoms with van der Waals surface area (Å²) in [6.45, 7) is 16.3. The van der Waals surface area contributed by atoms with Gasteiger partial charge in [0, 0.05) is 41.7 Å². The standard InChI is InChI=1S/C20H26NO3.C12H18NO.Fe/c1-13(2)21(14(3)4)20(22)18-9-7-8-16(18)17-11-10-15(23-5)12-19(17)24-6;1-9(2)13(10(3)4)12(14)11-7-5-6-8-11;/h7-14H,1-6H3;5-10H,1-4H3;/q;;+2. The second kappa shape index (κ2) is 16.5. The Hall–Kier alpha value is -1.72. The molecule has 3 rings (SSSR count). The fourth-order valence-corrected chi connectivity index (χ4v) is 4.80. The predicted octanol–water partition coefficient (Wildman–Crippen LogP) is 5.51. The molecule has 2 aliphatic rings. The average molecular weight is 577 g/mol. The molecule has 2 amide bonds. The molecule has 0 aliphatic heterocycles. The molecule has 1 aromatic rings. The number of hydrogen-bond donors (Lipinski definition) is 0. The maximum absolute atomic E-state index is 13.1. The Morgan fingerprint density at radius 3 is 1.64 bits per heavy atom. The van der Waals surface area contributed by atoms with Gasteiger partial charge in [-0.25, -0.2) is 0 Å². The van der Waals surface area contributed by atoms with Crippen LogP contribution in [0.4, 0.5) is 0 Å². The van der Waals surface area contributed by atoms with Gasteiger partial charge in [0.25, 0.3) is 0 Å². The second-order valence-corrected chi connectivity index (χ2v) is 10.4. The topological polar surface area (TPSA) is 59.1 Å². The van der Waals surface area contributed by atoms with Crippen LogP contribution in [-0.2, 0) is 26.7 Å². The zero-order valence-electron chi connectivity index (χ0n) is 25.0. The number of ether oxygens (including phenoxy) is 2. The van der Waals surface area contributed by atoms with Gasteiger partial charge in [-0.15, -0.1) is 0 Å². The summed E-state index contributed by atoms with van der Waals surface area (Å²) in [5, 5.41) is 0. The number of carbonyl (C=O) groups is 2. The van der Waals surface area contributed by atoms with E-state index in [1.54, 1.807) is 14.2 Å². The minimum absolute atomic E-state index is 0. The van der Waals surface area contributed by atoms with Crippen molar-refractivity contribution in [3.63, 3.8) is 0 Å². The molecule has 2 saturated carbocycles. The molecule has 0 N–H and O–H groups in total. The van der Waals surface area contributed by atoms with Gasteiger partial charge in [0.05, 0.1) is 26.1 Å². The molecule has 0 bridgehead atoms. The molecule has 2 fully saturated rings. The Morgan fingerprint density at radius 1 is 0.667 bits per heavy atom. The Morgan fingerprint density at radius 2 is 1.18 bits per heavy atom. The van der Waals surface area contributed by atoms with Crippen LogP contribution in [-0.4, -0.2) is 60.0 Å². The zero-order valence-corrected chi connectivity index (χ0v) is 26.1. The first kappa shape index (κ1) is 35.3. The molecule has 212 valence electrons. The van der Waals surface area contributed by atoms with Crippen LogP contribution in [0.25, 0.3) is 0 Å². The Bertz CT molecular complexity index is 880. The molecule has 0 spiro atoms. The Balaban J connectivity index is 0.000000434. The Labute approximate surface area is 249 Å². The van der Waals surface area contributed by atoms with E-state index in [1.165, 1.54) is 0 Å². The molecule has 0 atom stereocenters. The zero-order chi connectivity index (χ0) is 28.6. The Kier molecular flexibility index (Phi) is 15.0. The van der Waals surface area contributed by atoms with E-state index in [2.05, 4.69) is 0 Å². The monoisotopic (exact) mass is 576 g/mol. The van der Waals surface area contributed by atoms with Crippen molar-refractivity contribution < 1.29 is 36.1 Å². The van der Waals surface area contributed by atoms with Crippen molar-refractivity contribution in [2.45, 2.75) is 79.6 Å². The molecule has 1 aromatic carbocycles. The molecule has 2 aliphatic carbocycles. The minimum atomic E-state index is 0. The molecular formula is C32H44FeN2O4+2. The molecule has 0 aromatic heterocycles. The van der Waals surface area contributed by atoms with Crippen molar-refractivity contribution in [2.24, 2.45) is 0 Å². The van der Waals surface area contributed by atoms with Crippen LogP contribution < -0.4 is 9.47 Å². The molecule has 10 radical (unpaired) electrons. The van der Waals surface area contributed by atoms with Crippen LogP contribution in [0.1, 0.15) is 61.0 Å². The third-order valence-electron chi connectivity index (χ3n) is 6.35. The van der Waals surface area contributed by atoms with E-state index < -0.39 is 0 Å². The van der Waals surface area contributed by atoms with Crippen LogP contribution in [0.15, 0.2) is 18.2 Å². The van der Waals surface area contributed by atoms with Crippen LogP contribution >= 0.6 is 0 Å². The summed E-state index contributed by atoms with van der Waals surface area (Å²) in [4.78, 5) is 28.9. The van der Waals surface area contributed by atoms with Crippen molar-refractivity contribution in [3.8, 4) is 11.5 Å². The third-order valence-corrected chi connectivity index (χ3v) is 6.35. The summed E-state index contributed by atoms with van der Waals surface area (Å²) >= 11 is 0. The van der Waals surface area contributed by atoms with Gasteiger partial charge in [0.1, 0.15) is 11.5 Å². The van der Waals surface area contributed by atoms with Crippen LogP contribution in [0.3, 0.4) is 0 Å². The first-order valence-corrected chi connectivity index (χ1v) is 13.3. The van der Waals surface area contributed by atoms with Gasteiger partial charge in [0.15, 0.2) is 0 Å². The smallest absolute Gasteiger partial charge is 0.497 e. The summed E-state index contributed by atoms with van der Waals surface area (Å²) in [6.07, 6.45) is 13.2. The summed E-state index contributed by atoms with van der Waals surface area (Å²) in [5.74, 6) is 3.94. The van der Waals surface area contributed by atoms with E-state index in [9.17, 15) is 9.59 Å². The van der Waals surface area contributed by atoms with Crippen molar-refractivity contribution >= 4 is 11.8 Å². The normalized spacial score (nSPS) is 16.4. The molecule has 0 unspecified atom stereocenters. The second-order valence-electron chi connectivity index (χ2n) is 10.4. The van der Waals surface area contributed by atoms with Crippen molar-refractivity contribution in [1.82, 2.24) is 9.80 Å². The van der Waals surface area contributed by atoms with E-state index in [0.717, 1.165) is 23.1 Å². The molecule has 39 heavy (non-hydrogen) atoms. The van der Waals surface area contributed by atoms with Crippen molar-refractivity contribution in [1.29, 1.82) is 0 Å². The minimum Gasteiger partial charge on any atom is -0.497 e. The molecule has 7 heteroatoms. The first-order chi connectivity index (χ1) is 17.9. The van der Waals surface area contributed by atoms with E-state index in [4.69, 9.17) is 9.47 Å². The number of rotatable bonds is 9.